The van der Waals surface area contributed by atoms with E-state index in [4.69, 9.17) is 11.6 Å². The highest BCUT2D eigenvalue weighted by Gasteiger charge is 2.13. The normalized spacial score (nSPS) is 12.0. The van der Waals surface area contributed by atoms with E-state index < -0.39 is 9.84 Å². The molecule has 2 aromatic rings. The molecule has 7 heteroatoms. The molecule has 0 fully saturated rings. The van der Waals surface area contributed by atoms with Gasteiger partial charge in [0.05, 0.1) is 10.6 Å². The highest BCUT2D eigenvalue weighted by Crippen LogP contribution is 2.11. The second-order valence-corrected chi connectivity index (χ2v) is 8.01. The second-order valence-electron chi connectivity index (χ2n) is 5.46. The number of aliphatic imine (C=N–C) groups is 1. The quantitative estimate of drug-likeness (QED) is 0.441. The lowest BCUT2D eigenvalue weighted by Gasteiger charge is -2.12. The van der Waals surface area contributed by atoms with E-state index in [1.165, 1.54) is 0 Å². The zero-order valence-electron chi connectivity index (χ0n) is 14.1. The molecule has 0 aromatic heterocycles. The fourth-order valence-corrected chi connectivity index (χ4v) is 3.68. The molecular formula is C18H22ClN3O2S. The van der Waals surface area contributed by atoms with Gasteiger partial charge in [0.1, 0.15) is 0 Å². The van der Waals surface area contributed by atoms with E-state index in [9.17, 15) is 8.42 Å². The molecule has 0 bridgehead atoms. The predicted molar refractivity (Wildman–Crippen MR) is 103 cm³/mol. The number of benzene rings is 2. The number of sulfone groups is 1. The lowest BCUT2D eigenvalue weighted by Crippen LogP contribution is -2.37. The van der Waals surface area contributed by atoms with E-state index in [0.29, 0.717) is 35.4 Å². The SMILES string of the molecule is CN=C(NCCCS(=O)(=O)c1ccccc1)NCc1ccc(Cl)cc1. The van der Waals surface area contributed by atoms with Crippen molar-refractivity contribution in [1.29, 1.82) is 0 Å². The van der Waals surface area contributed by atoms with Crippen LogP contribution in [0, 0.1) is 0 Å². The molecule has 0 unspecified atom stereocenters. The molecule has 2 N–H and O–H groups in total. The van der Waals surface area contributed by atoms with Crippen molar-refractivity contribution < 1.29 is 8.42 Å². The van der Waals surface area contributed by atoms with Crippen LogP contribution in [0.25, 0.3) is 0 Å². The Hall–Kier alpha value is -2.05. The molecule has 0 amide bonds. The molecule has 2 rings (SSSR count). The van der Waals surface area contributed by atoms with Gasteiger partial charge in [-0.25, -0.2) is 8.42 Å². The minimum absolute atomic E-state index is 0.0954. The maximum absolute atomic E-state index is 12.2. The van der Waals surface area contributed by atoms with Crippen LogP contribution < -0.4 is 10.6 Å². The van der Waals surface area contributed by atoms with Gasteiger partial charge < -0.3 is 10.6 Å². The highest BCUT2D eigenvalue weighted by molar-refractivity contribution is 7.91. The molecule has 0 heterocycles. The van der Waals surface area contributed by atoms with Crippen LogP contribution in [-0.4, -0.2) is 33.7 Å². The lowest BCUT2D eigenvalue weighted by atomic mass is 10.2. The number of rotatable bonds is 7. The molecule has 25 heavy (non-hydrogen) atoms. The van der Waals surface area contributed by atoms with Crippen LogP contribution in [0.15, 0.2) is 64.5 Å². The minimum atomic E-state index is -3.24. The van der Waals surface area contributed by atoms with Crippen LogP contribution in [0.3, 0.4) is 0 Å². The van der Waals surface area contributed by atoms with Crippen molar-refractivity contribution >= 4 is 27.4 Å². The molecule has 5 nitrogen and oxygen atoms in total. The first-order valence-corrected chi connectivity index (χ1v) is 10.0. The van der Waals surface area contributed by atoms with Crippen molar-refractivity contribution in [3.05, 3.63) is 65.2 Å². The van der Waals surface area contributed by atoms with Gasteiger partial charge in [-0.15, -0.1) is 0 Å². The number of nitrogens with one attached hydrogen (secondary N) is 2. The first-order valence-electron chi connectivity index (χ1n) is 7.98. The average molecular weight is 380 g/mol. The van der Waals surface area contributed by atoms with Crippen molar-refractivity contribution in [1.82, 2.24) is 10.6 Å². The van der Waals surface area contributed by atoms with Gasteiger partial charge in [-0.3, -0.25) is 4.99 Å². The molecule has 134 valence electrons. The Morgan fingerprint density at radius 3 is 2.36 bits per heavy atom. The van der Waals surface area contributed by atoms with Crippen molar-refractivity contribution in [2.75, 3.05) is 19.3 Å². The Balaban J connectivity index is 1.75. The van der Waals surface area contributed by atoms with E-state index in [-0.39, 0.29) is 5.75 Å². The van der Waals surface area contributed by atoms with Crippen molar-refractivity contribution in [2.45, 2.75) is 17.9 Å². The highest BCUT2D eigenvalue weighted by atomic mass is 35.5. The number of guanidine groups is 1. The first-order chi connectivity index (χ1) is 12.0. The Bertz CT molecular complexity index is 791. The Morgan fingerprint density at radius 2 is 1.72 bits per heavy atom. The number of nitrogens with zero attached hydrogens (tertiary/aromatic N) is 1. The van der Waals surface area contributed by atoms with Gasteiger partial charge in [0.2, 0.25) is 0 Å². The summed E-state index contributed by atoms with van der Waals surface area (Å²) < 4.78 is 24.4. The fraction of sp³-hybridized carbons (Fsp3) is 0.278. The molecule has 0 spiro atoms. The third-order valence-electron chi connectivity index (χ3n) is 3.58. The summed E-state index contributed by atoms with van der Waals surface area (Å²) >= 11 is 5.86. The third kappa shape index (κ3) is 6.40. The zero-order chi connectivity index (χ0) is 18.1. The number of halogens is 1. The maximum atomic E-state index is 12.2. The van der Waals surface area contributed by atoms with Gasteiger partial charge in [0.25, 0.3) is 0 Å². The van der Waals surface area contributed by atoms with Gasteiger partial charge >= 0.3 is 0 Å². The number of hydrogen-bond donors (Lipinski definition) is 2. The molecular weight excluding hydrogens is 358 g/mol. The van der Waals surface area contributed by atoms with E-state index in [1.807, 2.05) is 24.3 Å². The Kier molecular flexibility index (Phi) is 7.28. The van der Waals surface area contributed by atoms with Gasteiger partial charge in [-0.2, -0.15) is 0 Å². The molecule has 0 aliphatic carbocycles. The van der Waals surface area contributed by atoms with Crippen molar-refractivity contribution in [3.8, 4) is 0 Å². The maximum Gasteiger partial charge on any atom is 0.191 e. The number of hydrogen-bond acceptors (Lipinski definition) is 3. The molecule has 0 aliphatic rings. The van der Waals surface area contributed by atoms with Crippen molar-refractivity contribution in [3.63, 3.8) is 0 Å². The molecule has 0 radical (unpaired) electrons. The van der Waals surface area contributed by atoms with Crippen LogP contribution >= 0.6 is 11.6 Å². The molecule has 2 aromatic carbocycles. The predicted octanol–water partition coefficient (Wildman–Crippen LogP) is 2.87. The summed E-state index contributed by atoms with van der Waals surface area (Å²) in [6.07, 6.45) is 0.499. The topological polar surface area (TPSA) is 70.6 Å². The van der Waals surface area contributed by atoms with Crippen LogP contribution in [-0.2, 0) is 16.4 Å². The molecule has 0 saturated carbocycles. The van der Waals surface area contributed by atoms with Crippen LogP contribution in [0.2, 0.25) is 5.02 Å². The van der Waals surface area contributed by atoms with Crippen LogP contribution in [0.5, 0.6) is 0 Å². The molecule has 0 saturated heterocycles. The van der Waals surface area contributed by atoms with E-state index in [1.54, 1.807) is 37.4 Å². The minimum Gasteiger partial charge on any atom is -0.356 e. The smallest absolute Gasteiger partial charge is 0.191 e. The van der Waals surface area contributed by atoms with Gasteiger partial charge in [0.15, 0.2) is 15.8 Å². The summed E-state index contributed by atoms with van der Waals surface area (Å²) in [5.41, 5.74) is 1.08. The monoisotopic (exact) mass is 379 g/mol. The summed E-state index contributed by atoms with van der Waals surface area (Å²) in [6, 6.07) is 16.1. The summed E-state index contributed by atoms with van der Waals surface area (Å²) in [5.74, 6) is 0.727. The van der Waals surface area contributed by atoms with Gasteiger partial charge in [-0.1, -0.05) is 41.9 Å². The fourth-order valence-electron chi connectivity index (χ4n) is 2.22. The van der Waals surface area contributed by atoms with Crippen molar-refractivity contribution in [2.24, 2.45) is 4.99 Å². The lowest BCUT2D eigenvalue weighted by molar-refractivity contribution is 0.592. The second kappa shape index (κ2) is 9.44. The third-order valence-corrected chi connectivity index (χ3v) is 5.65. The van der Waals surface area contributed by atoms with E-state index >= 15 is 0 Å². The Labute approximate surface area is 154 Å². The van der Waals surface area contributed by atoms with E-state index in [2.05, 4.69) is 15.6 Å². The summed E-state index contributed by atoms with van der Waals surface area (Å²) in [7, 11) is -1.56. The Morgan fingerprint density at radius 1 is 1.04 bits per heavy atom. The standard InChI is InChI=1S/C18H22ClN3O2S/c1-20-18(22-14-15-8-10-16(19)11-9-15)21-12-5-13-25(23,24)17-6-3-2-4-7-17/h2-4,6-11H,5,12-14H2,1H3,(H2,20,21,22). The average Bonchev–Trinajstić information content (AvgIpc) is 2.63. The zero-order valence-corrected chi connectivity index (χ0v) is 15.6. The van der Waals surface area contributed by atoms with Crippen LogP contribution in [0.4, 0.5) is 0 Å². The largest absolute Gasteiger partial charge is 0.356 e. The van der Waals surface area contributed by atoms with Gasteiger partial charge in [-0.05, 0) is 36.2 Å². The molecule has 0 aliphatic heterocycles. The summed E-state index contributed by atoms with van der Waals surface area (Å²) in [6.45, 7) is 1.13. The van der Waals surface area contributed by atoms with Gasteiger partial charge in [0, 0.05) is 25.2 Å². The molecule has 0 atom stereocenters. The summed E-state index contributed by atoms with van der Waals surface area (Å²) in [4.78, 5) is 4.49. The van der Waals surface area contributed by atoms with E-state index in [0.717, 1.165) is 5.56 Å². The van der Waals surface area contributed by atoms with Crippen LogP contribution in [0.1, 0.15) is 12.0 Å². The first kappa shape index (κ1) is 19.3. The summed E-state index contributed by atoms with van der Waals surface area (Å²) in [5, 5.41) is 7.00.